The van der Waals surface area contributed by atoms with Gasteiger partial charge in [0.25, 0.3) is 0 Å². The van der Waals surface area contributed by atoms with E-state index in [0.717, 1.165) is 17.1 Å². The summed E-state index contributed by atoms with van der Waals surface area (Å²) in [6, 6.07) is 14.0. The highest BCUT2D eigenvalue weighted by atomic mass is 15.2. The number of pyridine rings is 1. The van der Waals surface area contributed by atoms with Crippen molar-refractivity contribution in [2.24, 2.45) is 5.73 Å². The summed E-state index contributed by atoms with van der Waals surface area (Å²) in [4.78, 5) is 6.36. The first-order valence-corrected chi connectivity index (χ1v) is 5.25. The Balaban J connectivity index is 2.37. The van der Waals surface area contributed by atoms with Crippen LogP contribution in [0.3, 0.4) is 0 Å². The first-order chi connectivity index (χ1) is 7.83. The van der Waals surface area contributed by atoms with Gasteiger partial charge < -0.3 is 10.6 Å². The van der Waals surface area contributed by atoms with E-state index >= 15 is 0 Å². The van der Waals surface area contributed by atoms with E-state index in [2.05, 4.69) is 11.1 Å². The summed E-state index contributed by atoms with van der Waals surface area (Å²) in [6.07, 6.45) is 1.79. The van der Waals surface area contributed by atoms with Crippen molar-refractivity contribution in [3.05, 3.63) is 54.2 Å². The van der Waals surface area contributed by atoms with Gasteiger partial charge in [-0.15, -0.1) is 0 Å². The number of anilines is 2. The molecule has 82 valence electrons. The van der Waals surface area contributed by atoms with E-state index in [9.17, 15) is 0 Å². The highest BCUT2D eigenvalue weighted by Crippen LogP contribution is 2.24. The normalized spacial score (nSPS) is 10.1. The number of aromatic nitrogens is 1. The Morgan fingerprint density at radius 1 is 1.12 bits per heavy atom. The lowest BCUT2D eigenvalue weighted by Crippen LogP contribution is -2.14. The molecule has 0 aliphatic heterocycles. The van der Waals surface area contributed by atoms with Crippen LogP contribution in [-0.4, -0.2) is 12.0 Å². The molecule has 0 aliphatic carbocycles. The zero-order chi connectivity index (χ0) is 11.4. The summed E-state index contributed by atoms with van der Waals surface area (Å²) in [5.74, 6) is 0.920. The third kappa shape index (κ3) is 2.04. The van der Waals surface area contributed by atoms with Crippen molar-refractivity contribution in [2.75, 3.05) is 11.9 Å². The quantitative estimate of drug-likeness (QED) is 0.850. The summed E-state index contributed by atoms with van der Waals surface area (Å²) in [5, 5.41) is 0. The number of hydrogen-bond acceptors (Lipinski definition) is 3. The summed E-state index contributed by atoms with van der Waals surface area (Å²) >= 11 is 0. The number of benzene rings is 1. The second-order valence-electron chi connectivity index (χ2n) is 3.58. The predicted molar refractivity (Wildman–Crippen MR) is 66.6 cm³/mol. The van der Waals surface area contributed by atoms with E-state index in [-0.39, 0.29) is 0 Å². The number of nitrogens with two attached hydrogens (primary N) is 1. The number of hydrogen-bond donors (Lipinski definition) is 1. The lowest BCUT2D eigenvalue weighted by molar-refractivity contribution is 1.03. The Labute approximate surface area is 95.5 Å². The van der Waals surface area contributed by atoms with Gasteiger partial charge in [-0.3, -0.25) is 0 Å². The standard InChI is InChI=1S/C13H15N3/c1-16(13-8-4-5-9-15-13)12-7-3-2-6-11(12)10-14/h2-9H,10,14H2,1H3. The third-order valence-corrected chi connectivity index (χ3v) is 2.57. The van der Waals surface area contributed by atoms with Gasteiger partial charge in [-0.25, -0.2) is 4.98 Å². The van der Waals surface area contributed by atoms with Crippen LogP contribution in [0, 0.1) is 0 Å². The molecule has 0 radical (unpaired) electrons. The van der Waals surface area contributed by atoms with Gasteiger partial charge in [0.15, 0.2) is 0 Å². The molecule has 1 heterocycles. The van der Waals surface area contributed by atoms with Crippen LogP contribution in [0.2, 0.25) is 0 Å². The molecule has 16 heavy (non-hydrogen) atoms. The van der Waals surface area contributed by atoms with Crippen molar-refractivity contribution in [3.8, 4) is 0 Å². The predicted octanol–water partition coefficient (Wildman–Crippen LogP) is 2.31. The maximum atomic E-state index is 5.72. The molecule has 2 aromatic rings. The van der Waals surface area contributed by atoms with Gasteiger partial charge in [-0.05, 0) is 23.8 Å². The van der Waals surface area contributed by atoms with Crippen molar-refractivity contribution in [1.29, 1.82) is 0 Å². The summed E-state index contributed by atoms with van der Waals surface area (Å²) in [6.45, 7) is 0.535. The van der Waals surface area contributed by atoms with Crippen LogP contribution in [0.25, 0.3) is 0 Å². The van der Waals surface area contributed by atoms with Gasteiger partial charge in [-0.1, -0.05) is 24.3 Å². The van der Waals surface area contributed by atoms with Gasteiger partial charge in [0.2, 0.25) is 0 Å². The van der Waals surface area contributed by atoms with Crippen LogP contribution in [0.15, 0.2) is 48.7 Å². The molecule has 0 fully saturated rings. The van der Waals surface area contributed by atoms with Crippen LogP contribution in [-0.2, 0) is 6.54 Å². The highest BCUT2D eigenvalue weighted by molar-refractivity contribution is 5.62. The Bertz CT molecular complexity index is 454. The van der Waals surface area contributed by atoms with Gasteiger partial charge in [0, 0.05) is 25.5 Å². The van der Waals surface area contributed by atoms with Crippen molar-refractivity contribution in [1.82, 2.24) is 4.98 Å². The van der Waals surface area contributed by atoms with Gasteiger partial charge in [0.1, 0.15) is 5.82 Å². The molecule has 0 saturated heterocycles. The molecule has 0 amide bonds. The Morgan fingerprint density at radius 3 is 2.56 bits per heavy atom. The first kappa shape index (κ1) is 10.6. The fourth-order valence-electron chi connectivity index (χ4n) is 1.69. The maximum Gasteiger partial charge on any atom is 0.132 e. The molecule has 1 aromatic heterocycles. The van der Waals surface area contributed by atoms with Crippen LogP contribution in [0.4, 0.5) is 11.5 Å². The van der Waals surface area contributed by atoms with Crippen molar-refractivity contribution in [3.63, 3.8) is 0 Å². The molecule has 0 aliphatic rings. The van der Waals surface area contributed by atoms with E-state index in [1.165, 1.54) is 0 Å². The average Bonchev–Trinajstić information content (AvgIpc) is 2.39. The molecule has 0 saturated carbocycles. The van der Waals surface area contributed by atoms with Crippen LogP contribution < -0.4 is 10.6 Å². The molecule has 0 atom stereocenters. The molecular weight excluding hydrogens is 198 g/mol. The molecule has 1 aromatic carbocycles. The second-order valence-corrected chi connectivity index (χ2v) is 3.58. The fourth-order valence-corrected chi connectivity index (χ4v) is 1.69. The lowest BCUT2D eigenvalue weighted by atomic mass is 10.1. The molecule has 0 unspecified atom stereocenters. The largest absolute Gasteiger partial charge is 0.329 e. The van der Waals surface area contributed by atoms with E-state index in [1.807, 2.05) is 48.3 Å². The molecule has 0 bridgehead atoms. The van der Waals surface area contributed by atoms with Crippen LogP contribution >= 0.6 is 0 Å². The number of para-hydroxylation sites is 1. The second kappa shape index (κ2) is 4.77. The Hall–Kier alpha value is -1.87. The van der Waals surface area contributed by atoms with Gasteiger partial charge in [-0.2, -0.15) is 0 Å². The summed E-state index contributed by atoms with van der Waals surface area (Å²) in [5.41, 5.74) is 7.94. The van der Waals surface area contributed by atoms with Crippen molar-refractivity contribution >= 4 is 11.5 Å². The number of nitrogens with zero attached hydrogens (tertiary/aromatic N) is 2. The SMILES string of the molecule is CN(c1ccccn1)c1ccccc1CN. The van der Waals surface area contributed by atoms with E-state index in [0.29, 0.717) is 6.54 Å². The minimum Gasteiger partial charge on any atom is -0.329 e. The number of rotatable bonds is 3. The zero-order valence-electron chi connectivity index (χ0n) is 9.30. The van der Waals surface area contributed by atoms with E-state index < -0.39 is 0 Å². The smallest absolute Gasteiger partial charge is 0.132 e. The highest BCUT2D eigenvalue weighted by Gasteiger charge is 2.07. The van der Waals surface area contributed by atoms with Gasteiger partial charge in [0.05, 0.1) is 0 Å². The Morgan fingerprint density at radius 2 is 1.88 bits per heavy atom. The minimum absolute atomic E-state index is 0.535. The van der Waals surface area contributed by atoms with Crippen LogP contribution in [0.5, 0.6) is 0 Å². The zero-order valence-corrected chi connectivity index (χ0v) is 9.30. The molecule has 2 N–H and O–H groups in total. The maximum absolute atomic E-state index is 5.72. The van der Waals surface area contributed by atoms with E-state index in [1.54, 1.807) is 6.20 Å². The first-order valence-electron chi connectivity index (χ1n) is 5.25. The molecule has 2 rings (SSSR count). The molecule has 0 spiro atoms. The minimum atomic E-state index is 0.535. The van der Waals surface area contributed by atoms with Gasteiger partial charge >= 0.3 is 0 Å². The lowest BCUT2D eigenvalue weighted by Gasteiger charge is -2.20. The fraction of sp³-hybridized carbons (Fsp3) is 0.154. The molecular formula is C13H15N3. The average molecular weight is 213 g/mol. The summed E-state index contributed by atoms with van der Waals surface area (Å²) < 4.78 is 0. The Kier molecular flexibility index (Phi) is 3.17. The van der Waals surface area contributed by atoms with Crippen molar-refractivity contribution < 1.29 is 0 Å². The topological polar surface area (TPSA) is 42.2 Å². The molecule has 3 nitrogen and oxygen atoms in total. The van der Waals surface area contributed by atoms with Crippen LogP contribution in [0.1, 0.15) is 5.56 Å². The van der Waals surface area contributed by atoms with E-state index in [4.69, 9.17) is 5.73 Å². The van der Waals surface area contributed by atoms with Crippen molar-refractivity contribution in [2.45, 2.75) is 6.54 Å². The third-order valence-electron chi connectivity index (χ3n) is 2.57. The monoisotopic (exact) mass is 213 g/mol. The molecule has 3 heteroatoms. The summed E-state index contributed by atoms with van der Waals surface area (Å²) in [7, 11) is 2.00.